The van der Waals surface area contributed by atoms with Crippen molar-refractivity contribution in [2.45, 2.75) is 50.5 Å². The first-order chi connectivity index (χ1) is 8.67. The fourth-order valence-corrected chi connectivity index (χ4v) is 3.95. The van der Waals surface area contributed by atoms with Gasteiger partial charge in [0.25, 0.3) is 0 Å². The van der Waals surface area contributed by atoms with Crippen LogP contribution in [0.2, 0.25) is 0 Å². The zero-order valence-corrected chi connectivity index (χ0v) is 10.8. The molecule has 0 bridgehead atoms. The number of ether oxygens (including phenoxy) is 2. The van der Waals surface area contributed by atoms with Gasteiger partial charge < -0.3 is 14.6 Å². The van der Waals surface area contributed by atoms with Gasteiger partial charge in [-0.1, -0.05) is 0 Å². The third-order valence-corrected chi connectivity index (χ3v) is 5.35. The van der Waals surface area contributed by atoms with Crippen LogP contribution in [0.4, 0.5) is 0 Å². The van der Waals surface area contributed by atoms with Crippen LogP contribution in [-0.2, 0) is 14.3 Å². The van der Waals surface area contributed by atoms with E-state index in [4.69, 9.17) is 9.47 Å². The second kappa shape index (κ2) is 4.49. The highest BCUT2D eigenvalue weighted by molar-refractivity contribution is 5.75. The summed E-state index contributed by atoms with van der Waals surface area (Å²) in [6.07, 6.45) is 6.65. The Morgan fingerprint density at radius 2 is 1.83 bits per heavy atom. The van der Waals surface area contributed by atoms with E-state index in [1.807, 2.05) is 0 Å². The van der Waals surface area contributed by atoms with E-state index in [9.17, 15) is 9.90 Å². The molecule has 1 spiro atoms. The number of carboxylic acids is 1. The molecule has 3 aliphatic rings. The number of aliphatic carboxylic acids is 1. The Morgan fingerprint density at radius 1 is 1.11 bits per heavy atom. The lowest BCUT2D eigenvalue weighted by atomic mass is 9.61. The molecular formula is C14H22O4. The first kappa shape index (κ1) is 12.4. The number of hydrogen-bond donors (Lipinski definition) is 1. The fourth-order valence-electron chi connectivity index (χ4n) is 3.95. The van der Waals surface area contributed by atoms with E-state index in [0.29, 0.717) is 26.1 Å². The highest BCUT2D eigenvalue weighted by Gasteiger charge is 2.53. The minimum Gasteiger partial charge on any atom is -0.481 e. The van der Waals surface area contributed by atoms with Crippen molar-refractivity contribution < 1.29 is 19.4 Å². The summed E-state index contributed by atoms with van der Waals surface area (Å²) in [5.74, 6) is -0.347. The van der Waals surface area contributed by atoms with E-state index in [1.165, 1.54) is 6.42 Å². The first-order valence-corrected chi connectivity index (χ1v) is 7.12. The highest BCUT2D eigenvalue weighted by Crippen LogP contribution is 2.51. The van der Waals surface area contributed by atoms with Crippen molar-refractivity contribution in [1.82, 2.24) is 0 Å². The van der Waals surface area contributed by atoms with Gasteiger partial charge in [-0.15, -0.1) is 0 Å². The Hall–Kier alpha value is -0.610. The topological polar surface area (TPSA) is 55.8 Å². The lowest BCUT2D eigenvalue weighted by molar-refractivity contribution is -0.186. The maximum absolute atomic E-state index is 11.8. The molecule has 4 nitrogen and oxygen atoms in total. The van der Waals surface area contributed by atoms with Crippen LogP contribution in [0.3, 0.4) is 0 Å². The summed E-state index contributed by atoms with van der Waals surface area (Å²) < 4.78 is 11.3. The van der Waals surface area contributed by atoms with Gasteiger partial charge in [0, 0.05) is 19.8 Å². The summed E-state index contributed by atoms with van der Waals surface area (Å²) in [5.41, 5.74) is -0.520. The minimum absolute atomic E-state index is 0.0314. The summed E-state index contributed by atoms with van der Waals surface area (Å²) in [4.78, 5) is 11.8. The molecule has 0 amide bonds. The van der Waals surface area contributed by atoms with E-state index in [-0.39, 0.29) is 11.5 Å². The van der Waals surface area contributed by atoms with Crippen molar-refractivity contribution in [3.63, 3.8) is 0 Å². The van der Waals surface area contributed by atoms with Crippen molar-refractivity contribution in [2.75, 3.05) is 19.8 Å². The molecule has 0 aromatic carbocycles. The Bertz CT molecular complexity index is 329. The van der Waals surface area contributed by atoms with Crippen LogP contribution < -0.4 is 0 Å². The molecule has 2 saturated heterocycles. The van der Waals surface area contributed by atoms with Crippen molar-refractivity contribution in [3.8, 4) is 0 Å². The SMILES string of the molecule is O=C(O)C1(C2CCOC3(CCC3)C2)CCOCC1. The van der Waals surface area contributed by atoms with Crippen LogP contribution in [0.5, 0.6) is 0 Å². The monoisotopic (exact) mass is 254 g/mol. The quantitative estimate of drug-likeness (QED) is 0.821. The number of carboxylic acid groups (broad SMARTS) is 1. The molecule has 102 valence electrons. The molecule has 0 aromatic heterocycles. The van der Waals surface area contributed by atoms with Gasteiger partial charge in [0.05, 0.1) is 11.0 Å². The summed E-state index contributed by atoms with van der Waals surface area (Å²) in [6.45, 7) is 1.92. The predicted molar refractivity (Wildman–Crippen MR) is 65.4 cm³/mol. The smallest absolute Gasteiger partial charge is 0.310 e. The predicted octanol–water partition coefficient (Wildman–Crippen LogP) is 2.22. The van der Waals surface area contributed by atoms with Crippen LogP contribution in [0, 0.1) is 11.3 Å². The molecule has 1 atom stereocenters. The van der Waals surface area contributed by atoms with Gasteiger partial charge in [-0.05, 0) is 50.9 Å². The van der Waals surface area contributed by atoms with Crippen LogP contribution in [0.25, 0.3) is 0 Å². The lowest BCUT2D eigenvalue weighted by Crippen LogP contribution is -2.52. The fraction of sp³-hybridized carbons (Fsp3) is 0.929. The molecule has 1 N–H and O–H groups in total. The maximum Gasteiger partial charge on any atom is 0.310 e. The van der Waals surface area contributed by atoms with E-state index < -0.39 is 11.4 Å². The molecular weight excluding hydrogens is 232 g/mol. The highest BCUT2D eigenvalue weighted by atomic mass is 16.5. The van der Waals surface area contributed by atoms with E-state index in [1.54, 1.807) is 0 Å². The molecule has 2 heterocycles. The first-order valence-electron chi connectivity index (χ1n) is 7.12. The third-order valence-electron chi connectivity index (χ3n) is 5.35. The van der Waals surface area contributed by atoms with Gasteiger partial charge in [-0.2, -0.15) is 0 Å². The van der Waals surface area contributed by atoms with Gasteiger partial charge >= 0.3 is 5.97 Å². The second-order valence-corrected chi connectivity index (χ2v) is 6.15. The molecule has 3 fully saturated rings. The van der Waals surface area contributed by atoms with Crippen LogP contribution in [-0.4, -0.2) is 36.5 Å². The largest absolute Gasteiger partial charge is 0.481 e. The minimum atomic E-state index is -0.618. The van der Waals surface area contributed by atoms with Gasteiger partial charge in [0.1, 0.15) is 0 Å². The van der Waals surface area contributed by atoms with Gasteiger partial charge in [-0.25, -0.2) is 0 Å². The maximum atomic E-state index is 11.8. The number of rotatable bonds is 2. The van der Waals surface area contributed by atoms with E-state index in [2.05, 4.69) is 0 Å². The van der Waals surface area contributed by atoms with Crippen LogP contribution in [0.15, 0.2) is 0 Å². The zero-order valence-electron chi connectivity index (χ0n) is 10.8. The van der Waals surface area contributed by atoms with Crippen molar-refractivity contribution in [2.24, 2.45) is 11.3 Å². The molecule has 1 aliphatic carbocycles. The second-order valence-electron chi connectivity index (χ2n) is 6.15. The zero-order chi connectivity index (χ0) is 12.6. The summed E-state index contributed by atoms with van der Waals surface area (Å²) in [5, 5.41) is 9.71. The average Bonchev–Trinajstić information content (AvgIpc) is 2.38. The number of hydrogen-bond acceptors (Lipinski definition) is 3. The standard InChI is InChI=1S/C14H22O4/c15-12(16)14(5-8-17-9-6-14)11-2-7-18-13(10-11)3-1-4-13/h11H,1-10H2,(H,15,16). The Balaban J connectivity index is 1.79. The molecule has 4 heteroatoms. The van der Waals surface area contributed by atoms with E-state index in [0.717, 1.165) is 32.3 Å². The van der Waals surface area contributed by atoms with Gasteiger partial charge in [0.2, 0.25) is 0 Å². The van der Waals surface area contributed by atoms with Crippen LogP contribution >= 0.6 is 0 Å². The molecule has 0 radical (unpaired) electrons. The molecule has 3 rings (SSSR count). The Morgan fingerprint density at radius 3 is 2.39 bits per heavy atom. The Kier molecular flexibility index (Phi) is 3.10. The summed E-state index contributed by atoms with van der Waals surface area (Å²) in [7, 11) is 0. The van der Waals surface area contributed by atoms with Crippen LogP contribution in [0.1, 0.15) is 44.9 Å². The normalized spacial score (nSPS) is 33.9. The van der Waals surface area contributed by atoms with Crippen molar-refractivity contribution in [3.05, 3.63) is 0 Å². The average molecular weight is 254 g/mol. The van der Waals surface area contributed by atoms with E-state index >= 15 is 0 Å². The van der Waals surface area contributed by atoms with Gasteiger partial charge in [0.15, 0.2) is 0 Å². The number of carbonyl (C=O) groups is 1. The van der Waals surface area contributed by atoms with Crippen molar-refractivity contribution >= 4 is 5.97 Å². The molecule has 1 unspecified atom stereocenters. The molecule has 0 aromatic rings. The summed E-state index contributed by atoms with van der Waals surface area (Å²) in [6, 6.07) is 0. The Labute approximate surface area is 108 Å². The van der Waals surface area contributed by atoms with Crippen molar-refractivity contribution in [1.29, 1.82) is 0 Å². The lowest BCUT2D eigenvalue weighted by Gasteiger charge is -2.51. The molecule has 18 heavy (non-hydrogen) atoms. The molecule has 1 saturated carbocycles. The summed E-state index contributed by atoms with van der Waals surface area (Å²) >= 11 is 0. The van der Waals surface area contributed by atoms with Gasteiger partial charge in [-0.3, -0.25) is 4.79 Å². The third kappa shape index (κ3) is 1.86. The molecule has 2 aliphatic heterocycles.